The van der Waals surface area contributed by atoms with Gasteiger partial charge >= 0.3 is 0 Å². The molecule has 1 aliphatic heterocycles. The van der Waals surface area contributed by atoms with Crippen molar-refractivity contribution in [3.63, 3.8) is 0 Å². The molecule has 3 rings (SSSR count). The maximum absolute atomic E-state index is 13.9. The average molecular weight is 315 g/mol. The molecule has 1 N–H and O–H groups in total. The maximum atomic E-state index is 13.9. The van der Waals surface area contributed by atoms with Crippen LogP contribution in [0.4, 0.5) is 4.39 Å². The number of halogens is 1. The van der Waals surface area contributed by atoms with Crippen LogP contribution in [-0.4, -0.2) is 30.2 Å². The van der Waals surface area contributed by atoms with Gasteiger partial charge in [0.1, 0.15) is 17.3 Å². The van der Waals surface area contributed by atoms with E-state index in [0.29, 0.717) is 29.5 Å². The van der Waals surface area contributed by atoms with E-state index in [4.69, 9.17) is 4.74 Å². The zero-order chi connectivity index (χ0) is 16.2. The molecule has 4 heteroatoms. The van der Waals surface area contributed by atoms with Crippen LogP contribution in [0.15, 0.2) is 42.5 Å². The van der Waals surface area contributed by atoms with Crippen LogP contribution in [0.25, 0.3) is 0 Å². The summed E-state index contributed by atoms with van der Waals surface area (Å²) < 4.78 is 19.1. The summed E-state index contributed by atoms with van der Waals surface area (Å²) in [6, 6.07) is 12.3. The number of nitrogens with zero attached hydrogens (tertiary/aromatic N) is 1. The molecule has 23 heavy (non-hydrogen) atoms. The summed E-state index contributed by atoms with van der Waals surface area (Å²) in [6.45, 7) is 2.58. The lowest BCUT2D eigenvalue weighted by Gasteiger charge is -2.17. The summed E-state index contributed by atoms with van der Waals surface area (Å²) in [6.07, 6.45) is 2.11. The van der Waals surface area contributed by atoms with Crippen LogP contribution in [0.3, 0.4) is 0 Å². The van der Waals surface area contributed by atoms with Crippen molar-refractivity contribution in [3.05, 3.63) is 59.4 Å². The van der Waals surface area contributed by atoms with Crippen molar-refractivity contribution >= 4 is 0 Å². The Morgan fingerprint density at radius 1 is 1.22 bits per heavy atom. The summed E-state index contributed by atoms with van der Waals surface area (Å²) in [5, 5.41) is 9.34. The van der Waals surface area contributed by atoms with Crippen LogP contribution in [-0.2, 0) is 13.0 Å². The first-order chi connectivity index (χ1) is 11.1. The summed E-state index contributed by atoms with van der Waals surface area (Å²) in [5.41, 5.74) is 1.93. The van der Waals surface area contributed by atoms with Crippen molar-refractivity contribution in [2.24, 2.45) is 5.92 Å². The smallest absolute Gasteiger partial charge is 0.127 e. The first-order valence-electron chi connectivity index (χ1n) is 7.96. The molecule has 1 saturated heterocycles. The zero-order valence-corrected chi connectivity index (χ0v) is 13.3. The van der Waals surface area contributed by atoms with Gasteiger partial charge in [-0.3, -0.25) is 4.90 Å². The molecule has 122 valence electrons. The SMILES string of the molecule is COc1ccc(F)c(CN2CCC(Cc3ccc(O)cc3)C2)c1. The van der Waals surface area contributed by atoms with Gasteiger partial charge in [0.05, 0.1) is 7.11 Å². The molecule has 2 aromatic carbocycles. The van der Waals surface area contributed by atoms with E-state index in [2.05, 4.69) is 4.90 Å². The van der Waals surface area contributed by atoms with E-state index in [-0.39, 0.29) is 5.82 Å². The quantitative estimate of drug-likeness (QED) is 0.915. The van der Waals surface area contributed by atoms with Gasteiger partial charge in [-0.25, -0.2) is 4.39 Å². The Morgan fingerprint density at radius 3 is 2.74 bits per heavy atom. The van der Waals surface area contributed by atoms with Gasteiger partial charge < -0.3 is 9.84 Å². The number of rotatable bonds is 5. The van der Waals surface area contributed by atoms with Crippen LogP contribution in [0.2, 0.25) is 0 Å². The van der Waals surface area contributed by atoms with E-state index in [1.807, 2.05) is 12.1 Å². The third-order valence-electron chi connectivity index (χ3n) is 4.48. The fourth-order valence-corrected chi connectivity index (χ4v) is 3.23. The van der Waals surface area contributed by atoms with Crippen LogP contribution in [0.1, 0.15) is 17.5 Å². The van der Waals surface area contributed by atoms with E-state index in [9.17, 15) is 9.50 Å². The summed E-state index contributed by atoms with van der Waals surface area (Å²) in [7, 11) is 1.60. The van der Waals surface area contributed by atoms with E-state index < -0.39 is 0 Å². The molecule has 0 amide bonds. The Hall–Kier alpha value is -2.07. The van der Waals surface area contributed by atoms with Gasteiger partial charge in [-0.15, -0.1) is 0 Å². The van der Waals surface area contributed by atoms with Crippen molar-refractivity contribution in [1.29, 1.82) is 0 Å². The Labute approximate surface area is 136 Å². The Morgan fingerprint density at radius 2 is 2.00 bits per heavy atom. The molecule has 0 spiro atoms. The van der Waals surface area contributed by atoms with Gasteiger partial charge in [-0.05, 0) is 61.2 Å². The van der Waals surface area contributed by atoms with Crippen molar-refractivity contribution < 1.29 is 14.2 Å². The molecule has 1 fully saturated rings. The largest absolute Gasteiger partial charge is 0.508 e. The van der Waals surface area contributed by atoms with Gasteiger partial charge in [0.15, 0.2) is 0 Å². The fraction of sp³-hybridized carbons (Fsp3) is 0.368. The van der Waals surface area contributed by atoms with Crippen LogP contribution in [0.5, 0.6) is 11.5 Å². The van der Waals surface area contributed by atoms with Crippen molar-refractivity contribution in [2.75, 3.05) is 20.2 Å². The average Bonchev–Trinajstić information content (AvgIpc) is 2.99. The van der Waals surface area contributed by atoms with E-state index in [1.165, 1.54) is 11.6 Å². The number of ether oxygens (including phenoxy) is 1. The molecule has 2 aromatic rings. The number of hydrogen-bond donors (Lipinski definition) is 1. The standard InChI is InChI=1S/C19H22FNO2/c1-23-18-6-7-19(20)16(11-18)13-21-9-8-15(12-21)10-14-2-4-17(22)5-3-14/h2-7,11,15,22H,8-10,12-13H2,1H3. The molecule has 1 atom stereocenters. The van der Waals surface area contributed by atoms with E-state index >= 15 is 0 Å². The number of phenols is 1. The second-order valence-corrected chi connectivity index (χ2v) is 6.22. The maximum Gasteiger partial charge on any atom is 0.127 e. The van der Waals surface area contributed by atoms with Crippen LogP contribution in [0, 0.1) is 11.7 Å². The highest BCUT2D eigenvalue weighted by Crippen LogP contribution is 2.25. The van der Waals surface area contributed by atoms with Crippen molar-refractivity contribution in [3.8, 4) is 11.5 Å². The molecular weight excluding hydrogens is 293 g/mol. The highest BCUT2D eigenvalue weighted by molar-refractivity contribution is 5.30. The van der Waals surface area contributed by atoms with E-state index in [1.54, 1.807) is 31.4 Å². The normalized spacial score (nSPS) is 18.3. The molecule has 0 saturated carbocycles. The molecule has 0 bridgehead atoms. The summed E-state index contributed by atoms with van der Waals surface area (Å²) in [4.78, 5) is 2.29. The number of benzene rings is 2. The number of likely N-dealkylation sites (tertiary alicyclic amines) is 1. The lowest BCUT2D eigenvalue weighted by Crippen LogP contribution is -2.21. The molecule has 1 unspecified atom stereocenters. The second-order valence-electron chi connectivity index (χ2n) is 6.22. The molecule has 0 aliphatic carbocycles. The molecule has 0 aromatic heterocycles. The highest BCUT2D eigenvalue weighted by Gasteiger charge is 2.23. The predicted molar refractivity (Wildman–Crippen MR) is 88.1 cm³/mol. The Kier molecular flexibility index (Phi) is 4.82. The predicted octanol–water partition coefficient (Wildman–Crippen LogP) is 3.60. The minimum Gasteiger partial charge on any atom is -0.508 e. The highest BCUT2D eigenvalue weighted by atomic mass is 19.1. The van der Waals surface area contributed by atoms with Gasteiger partial charge in [0.25, 0.3) is 0 Å². The number of hydrogen-bond acceptors (Lipinski definition) is 3. The van der Waals surface area contributed by atoms with Gasteiger partial charge in [-0.1, -0.05) is 12.1 Å². The monoisotopic (exact) mass is 315 g/mol. The second kappa shape index (κ2) is 7.01. The Balaban J connectivity index is 1.58. The fourth-order valence-electron chi connectivity index (χ4n) is 3.23. The molecular formula is C19H22FNO2. The van der Waals surface area contributed by atoms with Crippen LogP contribution >= 0.6 is 0 Å². The van der Waals surface area contributed by atoms with Crippen LogP contribution < -0.4 is 4.74 Å². The minimum atomic E-state index is -0.173. The van der Waals surface area contributed by atoms with Gasteiger partial charge in [0.2, 0.25) is 0 Å². The van der Waals surface area contributed by atoms with E-state index in [0.717, 1.165) is 25.9 Å². The molecule has 1 aliphatic rings. The van der Waals surface area contributed by atoms with Gasteiger partial charge in [-0.2, -0.15) is 0 Å². The lowest BCUT2D eigenvalue weighted by atomic mass is 9.99. The molecule has 1 heterocycles. The topological polar surface area (TPSA) is 32.7 Å². The third kappa shape index (κ3) is 4.02. The first kappa shape index (κ1) is 15.8. The minimum absolute atomic E-state index is 0.173. The third-order valence-corrected chi connectivity index (χ3v) is 4.48. The number of methoxy groups -OCH3 is 1. The first-order valence-corrected chi connectivity index (χ1v) is 7.96. The number of phenolic OH excluding ortho intramolecular Hbond substituents is 1. The number of aromatic hydroxyl groups is 1. The van der Waals surface area contributed by atoms with Crippen molar-refractivity contribution in [1.82, 2.24) is 4.90 Å². The lowest BCUT2D eigenvalue weighted by molar-refractivity contribution is 0.310. The van der Waals surface area contributed by atoms with Crippen molar-refractivity contribution in [2.45, 2.75) is 19.4 Å². The molecule has 0 radical (unpaired) electrons. The summed E-state index contributed by atoms with van der Waals surface area (Å²) in [5.74, 6) is 1.40. The Bertz CT molecular complexity index is 657. The molecule has 3 nitrogen and oxygen atoms in total. The zero-order valence-electron chi connectivity index (χ0n) is 13.3. The summed E-state index contributed by atoms with van der Waals surface area (Å²) >= 11 is 0. The van der Waals surface area contributed by atoms with Gasteiger partial charge in [0, 0.05) is 18.7 Å².